The van der Waals surface area contributed by atoms with Crippen LogP contribution >= 0.6 is 23.2 Å². The molecule has 1 heterocycles. The Balaban J connectivity index is 2.34. The largest absolute Gasteiger partial charge is 0.322 e. The number of benzene rings is 1. The van der Waals surface area contributed by atoms with Crippen molar-refractivity contribution in [2.45, 2.75) is 24.4 Å². The summed E-state index contributed by atoms with van der Waals surface area (Å²) in [5.41, 5.74) is 0.583. The lowest BCUT2D eigenvalue weighted by atomic mass is 10.2. The molecule has 1 aromatic heterocycles. The van der Waals surface area contributed by atoms with Crippen molar-refractivity contribution in [1.29, 1.82) is 0 Å². The third kappa shape index (κ3) is 3.11. The van der Waals surface area contributed by atoms with Crippen LogP contribution in [0.4, 0.5) is 0 Å². The Hall–Kier alpha value is -1.04. The van der Waals surface area contributed by atoms with Gasteiger partial charge in [0.1, 0.15) is 0 Å². The first kappa shape index (κ1) is 14.4. The summed E-state index contributed by atoms with van der Waals surface area (Å²) in [7, 11) is -3.49. The molecule has 0 N–H and O–H groups in total. The van der Waals surface area contributed by atoms with Gasteiger partial charge in [-0.3, -0.25) is 0 Å². The van der Waals surface area contributed by atoms with E-state index in [0.29, 0.717) is 22.2 Å². The Bertz CT molecular complexity index is 696. The van der Waals surface area contributed by atoms with Crippen LogP contribution in [0.3, 0.4) is 0 Å². The topological polar surface area (TPSA) is 52.0 Å². The first-order valence-electron chi connectivity index (χ1n) is 5.62. The second kappa shape index (κ2) is 5.53. The van der Waals surface area contributed by atoms with E-state index >= 15 is 0 Å². The van der Waals surface area contributed by atoms with Gasteiger partial charge in [0, 0.05) is 18.9 Å². The molecule has 0 atom stereocenters. The lowest BCUT2D eigenvalue weighted by molar-refractivity contribution is 0.568. The van der Waals surface area contributed by atoms with Gasteiger partial charge in [0.05, 0.1) is 15.8 Å². The third-order valence-corrected chi connectivity index (χ3v) is 4.99. The van der Waals surface area contributed by atoms with Gasteiger partial charge in [-0.2, -0.15) is 0 Å². The lowest BCUT2D eigenvalue weighted by Crippen LogP contribution is -2.12. The van der Waals surface area contributed by atoms with Gasteiger partial charge in [-0.15, -0.1) is 0 Å². The quantitative estimate of drug-likeness (QED) is 0.870. The molecule has 19 heavy (non-hydrogen) atoms. The highest BCUT2D eigenvalue weighted by Crippen LogP contribution is 2.24. The van der Waals surface area contributed by atoms with Crippen LogP contribution in [0.15, 0.2) is 35.7 Å². The van der Waals surface area contributed by atoms with Gasteiger partial charge < -0.3 is 4.57 Å². The van der Waals surface area contributed by atoms with E-state index < -0.39 is 9.84 Å². The molecule has 0 saturated heterocycles. The maximum absolute atomic E-state index is 12.3. The summed E-state index contributed by atoms with van der Waals surface area (Å²) >= 11 is 11.7. The van der Waals surface area contributed by atoms with Gasteiger partial charge in [0.25, 0.3) is 0 Å². The maximum atomic E-state index is 12.3. The van der Waals surface area contributed by atoms with Crippen molar-refractivity contribution in [3.63, 3.8) is 0 Å². The molecule has 0 fully saturated rings. The van der Waals surface area contributed by atoms with Gasteiger partial charge in [-0.05, 0) is 24.6 Å². The summed E-state index contributed by atoms with van der Waals surface area (Å²) in [6.07, 6.45) is 3.12. The first-order chi connectivity index (χ1) is 8.94. The molecule has 0 saturated carbocycles. The van der Waals surface area contributed by atoms with Crippen molar-refractivity contribution < 1.29 is 8.42 Å². The molecule has 0 amide bonds. The first-order valence-corrected chi connectivity index (χ1v) is 8.02. The van der Waals surface area contributed by atoms with Crippen LogP contribution in [0.1, 0.15) is 12.5 Å². The van der Waals surface area contributed by atoms with Gasteiger partial charge in [0.2, 0.25) is 15.0 Å². The fourth-order valence-corrected chi connectivity index (χ4v) is 3.57. The zero-order valence-corrected chi connectivity index (χ0v) is 12.5. The summed E-state index contributed by atoms with van der Waals surface area (Å²) in [5, 5.41) is 0.812. The normalized spacial score (nSPS) is 11.7. The minimum absolute atomic E-state index is 0.0704. The van der Waals surface area contributed by atoms with Crippen LogP contribution in [0, 0.1) is 0 Å². The Labute approximate surface area is 121 Å². The van der Waals surface area contributed by atoms with Gasteiger partial charge >= 0.3 is 0 Å². The van der Waals surface area contributed by atoms with E-state index in [9.17, 15) is 8.42 Å². The van der Waals surface area contributed by atoms with E-state index in [2.05, 4.69) is 4.98 Å². The smallest absolute Gasteiger partial charge is 0.227 e. The number of halogens is 2. The van der Waals surface area contributed by atoms with Gasteiger partial charge in [-0.1, -0.05) is 29.3 Å². The maximum Gasteiger partial charge on any atom is 0.227 e. The number of nitrogens with zero attached hydrogens (tertiary/aromatic N) is 2. The van der Waals surface area contributed by atoms with E-state index in [0.717, 1.165) is 0 Å². The van der Waals surface area contributed by atoms with E-state index in [-0.39, 0.29) is 10.9 Å². The Kier molecular flexibility index (Phi) is 4.18. The summed E-state index contributed by atoms with van der Waals surface area (Å²) in [6.45, 7) is 2.41. The molecule has 0 radical (unpaired) electrons. The molecule has 0 aliphatic rings. The predicted octanol–water partition coefficient (Wildman–Crippen LogP) is 3.18. The molecule has 102 valence electrons. The van der Waals surface area contributed by atoms with Crippen molar-refractivity contribution in [3.05, 3.63) is 46.2 Å². The molecule has 0 unspecified atom stereocenters. The SMILES string of the molecule is CCn1ccnc1S(=O)(=O)Cc1ccc(Cl)c(Cl)c1. The van der Waals surface area contributed by atoms with E-state index in [1.807, 2.05) is 6.92 Å². The molecule has 1 aromatic carbocycles. The highest BCUT2D eigenvalue weighted by Gasteiger charge is 2.21. The average molecular weight is 319 g/mol. The monoisotopic (exact) mass is 318 g/mol. The van der Waals surface area contributed by atoms with Crippen LogP contribution in [-0.4, -0.2) is 18.0 Å². The molecule has 7 heteroatoms. The molecular formula is C12H12Cl2N2O2S. The van der Waals surface area contributed by atoms with Crippen molar-refractivity contribution in [1.82, 2.24) is 9.55 Å². The zero-order chi connectivity index (χ0) is 14.0. The molecule has 2 rings (SSSR count). The van der Waals surface area contributed by atoms with Crippen molar-refractivity contribution >= 4 is 33.0 Å². The molecule has 0 aliphatic carbocycles. The van der Waals surface area contributed by atoms with E-state index in [1.165, 1.54) is 6.20 Å². The second-order valence-electron chi connectivity index (χ2n) is 4.00. The molecule has 0 aliphatic heterocycles. The molecule has 0 bridgehead atoms. The van der Waals surface area contributed by atoms with Gasteiger partial charge in [-0.25, -0.2) is 13.4 Å². The summed E-state index contributed by atoms with van der Waals surface area (Å²) < 4.78 is 26.1. The number of hydrogen-bond acceptors (Lipinski definition) is 3. The van der Waals surface area contributed by atoms with Gasteiger partial charge in [0.15, 0.2) is 0 Å². The van der Waals surface area contributed by atoms with Crippen LogP contribution in [0.2, 0.25) is 10.0 Å². The van der Waals surface area contributed by atoms with Crippen LogP contribution in [0.5, 0.6) is 0 Å². The number of sulfone groups is 1. The predicted molar refractivity (Wildman–Crippen MR) is 75.3 cm³/mol. The minimum atomic E-state index is -3.49. The highest BCUT2D eigenvalue weighted by atomic mass is 35.5. The molecule has 0 spiro atoms. The van der Waals surface area contributed by atoms with Crippen molar-refractivity contribution in [3.8, 4) is 0 Å². The van der Waals surface area contributed by atoms with Crippen molar-refractivity contribution in [2.24, 2.45) is 0 Å². The van der Waals surface area contributed by atoms with Crippen molar-refractivity contribution in [2.75, 3.05) is 0 Å². The zero-order valence-electron chi connectivity index (χ0n) is 10.2. The minimum Gasteiger partial charge on any atom is -0.322 e. The second-order valence-corrected chi connectivity index (χ2v) is 6.70. The fourth-order valence-electron chi connectivity index (χ4n) is 1.73. The molecular weight excluding hydrogens is 307 g/mol. The fraction of sp³-hybridized carbons (Fsp3) is 0.250. The third-order valence-electron chi connectivity index (χ3n) is 2.64. The number of hydrogen-bond donors (Lipinski definition) is 0. The molecule has 4 nitrogen and oxygen atoms in total. The van der Waals surface area contributed by atoms with Crippen LogP contribution in [0.25, 0.3) is 0 Å². The summed E-state index contributed by atoms with van der Waals surface area (Å²) in [6, 6.07) is 4.78. The summed E-state index contributed by atoms with van der Waals surface area (Å²) in [4.78, 5) is 3.91. The Morgan fingerprint density at radius 1 is 1.26 bits per heavy atom. The Morgan fingerprint density at radius 3 is 2.63 bits per heavy atom. The standard InChI is InChI=1S/C12H12Cl2N2O2S/c1-2-16-6-5-15-12(16)19(17,18)8-9-3-4-10(13)11(14)7-9/h3-7H,2,8H2,1H3. The van der Waals surface area contributed by atoms with E-state index in [4.69, 9.17) is 23.2 Å². The average Bonchev–Trinajstić information content (AvgIpc) is 2.82. The summed E-state index contributed by atoms with van der Waals surface area (Å²) in [5.74, 6) is -0.152. The molecule has 2 aromatic rings. The Morgan fingerprint density at radius 2 is 2.00 bits per heavy atom. The number of rotatable bonds is 4. The van der Waals surface area contributed by atoms with E-state index in [1.54, 1.807) is 29.0 Å². The number of aryl methyl sites for hydroxylation is 1. The van der Waals surface area contributed by atoms with Crippen LogP contribution < -0.4 is 0 Å². The number of aromatic nitrogens is 2. The number of imidazole rings is 1. The lowest BCUT2D eigenvalue weighted by Gasteiger charge is -2.07. The highest BCUT2D eigenvalue weighted by molar-refractivity contribution is 7.90. The van der Waals surface area contributed by atoms with Crippen LogP contribution in [-0.2, 0) is 22.1 Å².